The number of halogens is 4. The molecule has 13 heteroatoms. The number of aromatic nitrogens is 2. The predicted molar refractivity (Wildman–Crippen MR) is 97.4 cm³/mol. The number of carbonyl (C=O) groups is 2. The van der Waals surface area contributed by atoms with Crippen molar-refractivity contribution in [2.24, 2.45) is 5.92 Å². The first-order valence-corrected chi connectivity index (χ1v) is 10.5. The van der Waals surface area contributed by atoms with Crippen LogP contribution in [0.3, 0.4) is 0 Å². The van der Waals surface area contributed by atoms with Crippen molar-refractivity contribution >= 4 is 33.2 Å². The number of sulfone groups is 1. The topological polar surface area (TPSA) is 118 Å². The molecule has 2 heterocycles. The first-order chi connectivity index (χ1) is 13.9. The summed E-state index contributed by atoms with van der Waals surface area (Å²) in [6.45, 7) is -0.141. The molecule has 0 aliphatic carbocycles. The van der Waals surface area contributed by atoms with Crippen molar-refractivity contribution in [1.82, 2.24) is 15.1 Å². The van der Waals surface area contributed by atoms with Gasteiger partial charge in [-0.05, 0) is 24.6 Å². The maximum atomic E-state index is 13.2. The van der Waals surface area contributed by atoms with Crippen LogP contribution >= 0.6 is 11.6 Å². The normalized spacial score (nSPS) is 20.8. The molecule has 1 fully saturated rings. The van der Waals surface area contributed by atoms with Gasteiger partial charge in [-0.15, -0.1) is 0 Å². The molecule has 1 aliphatic rings. The Balaban J connectivity index is 2.08. The molecule has 0 spiro atoms. The molecule has 8 nitrogen and oxygen atoms in total. The SMILES string of the molecule is O=C(C(n1ccc(C(F)(F)F)n1)S(=O)(=O)c1ccccc1Cl)[C@H]1CN[C@H](C(=O)O)C1. The molecule has 3 atom stereocenters. The van der Waals surface area contributed by atoms with Crippen molar-refractivity contribution in [3.63, 3.8) is 0 Å². The third-order valence-corrected chi connectivity index (χ3v) is 7.10. The molecule has 0 amide bonds. The quantitative estimate of drug-likeness (QED) is 0.671. The van der Waals surface area contributed by atoms with Crippen LogP contribution < -0.4 is 5.32 Å². The number of rotatable bonds is 6. The second kappa shape index (κ2) is 8.00. The van der Waals surface area contributed by atoms with E-state index in [9.17, 15) is 31.2 Å². The predicted octanol–water partition coefficient (Wildman–Crippen LogP) is 2.16. The van der Waals surface area contributed by atoms with E-state index in [0.717, 1.165) is 12.3 Å². The zero-order valence-corrected chi connectivity index (χ0v) is 16.6. The van der Waals surface area contributed by atoms with Crippen LogP contribution in [0.2, 0.25) is 5.02 Å². The first kappa shape index (κ1) is 22.2. The van der Waals surface area contributed by atoms with Gasteiger partial charge in [-0.3, -0.25) is 9.59 Å². The zero-order valence-electron chi connectivity index (χ0n) is 15.0. The van der Waals surface area contributed by atoms with Gasteiger partial charge in [0.05, 0.1) is 9.92 Å². The van der Waals surface area contributed by atoms with Gasteiger partial charge < -0.3 is 10.4 Å². The molecule has 1 aromatic carbocycles. The van der Waals surface area contributed by atoms with Gasteiger partial charge >= 0.3 is 12.1 Å². The number of alkyl halides is 3. The van der Waals surface area contributed by atoms with Gasteiger partial charge in [-0.25, -0.2) is 13.1 Å². The molecule has 0 saturated carbocycles. The fourth-order valence-corrected chi connectivity index (χ4v) is 5.39. The first-order valence-electron chi connectivity index (χ1n) is 8.53. The maximum absolute atomic E-state index is 13.2. The lowest BCUT2D eigenvalue weighted by Crippen LogP contribution is -2.34. The molecule has 162 valence electrons. The molecule has 1 unspecified atom stereocenters. The lowest BCUT2D eigenvalue weighted by Gasteiger charge is -2.21. The molecule has 3 rings (SSSR count). The minimum absolute atomic E-state index is 0.141. The fraction of sp³-hybridized carbons (Fsp3) is 0.353. The molecule has 1 saturated heterocycles. The zero-order chi connectivity index (χ0) is 22.3. The Morgan fingerprint density at radius 1 is 1.27 bits per heavy atom. The summed E-state index contributed by atoms with van der Waals surface area (Å²) in [6, 6.07) is 4.66. The number of aliphatic carboxylic acids is 1. The van der Waals surface area contributed by atoms with Crippen molar-refractivity contribution in [3.05, 3.63) is 47.2 Å². The standard InChI is InChI=1S/C17H15ClF3N3O5S/c18-10-3-1-2-4-12(10)30(28,29)15(24-6-5-13(23-24)17(19,20)21)14(25)9-7-11(16(26)27)22-8-9/h1-6,9,11,15,22H,7-8H2,(H,26,27)/t9-,11+,15?/m1/s1. The number of ketones is 1. The Bertz CT molecular complexity index is 1090. The Kier molecular flexibility index (Phi) is 5.94. The van der Waals surface area contributed by atoms with E-state index in [-0.39, 0.29) is 18.0 Å². The number of carbonyl (C=O) groups excluding carboxylic acids is 1. The summed E-state index contributed by atoms with van der Waals surface area (Å²) in [6.07, 6.45) is -4.32. The summed E-state index contributed by atoms with van der Waals surface area (Å²) in [7, 11) is -4.61. The largest absolute Gasteiger partial charge is 0.480 e. The minimum atomic E-state index is -4.85. The smallest absolute Gasteiger partial charge is 0.435 e. The van der Waals surface area contributed by atoms with Gasteiger partial charge in [0, 0.05) is 18.7 Å². The van der Waals surface area contributed by atoms with Crippen molar-refractivity contribution in [1.29, 1.82) is 0 Å². The lowest BCUT2D eigenvalue weighted by molar-refractivity contribution is -0.142. The minimum Gasteiger partial charge on any atom is -0.480 e. The molecule has 2 N–H and O–H groups in total. The number of hydrogen-bond donors (Lipinski definition) is 2. The molecule has 30 heavy (non-hydrogen) atoms. The second-order valence-corrected chi connectivity index (χ2v) is 9.02. The Hall–Kier alpha value is -2.44. The average Bonchev–Trinajstić information content (AvgIpc) is 3.31. The number of benzene rings is 1. The lowest BCUT2D eigenvalue weighted by atomic mass is 10.0. The van der Waals surface area contributed by atoms with E-state index in [1.807, 2.05) is 0 Å². The average molecular weight is 466 g/mol. The highest BCUT2D eigenvalue weighted by atomic mass is 35.5. The van der Waals surface area contributed by atoms with E-state index in [2.05, 4.69) is 10.4 Å². The Labute approximate surface area is 173 Å². The Morgan fingerprint density at radius 3 is 2.47 bits per heavy atom. The summed E-state index contributed by atoms with van der Waals surface area (Å²) in [5.74, 6) is -3.27. The molecule has 1 aliphatic heterocycles. The van der Waals surface area contributed by atoms with E-state index < -0.39 is 55.7 Å². The van der Waals surface area contributed by atoms with E-state index in [4.69, 9.17) is 16.7 Å². The van der Waals surface area contributed by atoms with Crippen LogP contribution in [0.15, 0.2) is 41.4 Å². The van der Waals surface area contributed by atoms with Crippen molar-refractivity contribution in [2.75, 3.05) is 6.54 Å². The monoisotopic (exact) mass is 465 g/mol. The van der Waals surface area contributed by atoms with Crippen LogP contribution in [0.1, 0.15) is 17.5 Å². The summed E-state index contributed by atoms with van der Waals surface area (Å²) in [5, 5.41) is 12.6. The van der Waals surface area contributed by atoms with Gasteiger partial charge in [-0.2, -0.15) is 18.3 Å². The number of nitrogens with zero attached hydrogens (tertiary/aromatic N) is 2. The van der Waals surface area contributed by atoms with Crippen LogP contribution in [-0.2, 0) is 25.6 Å². The van der Waals surface area contributed by atoms with Crippen LogP contribution in [-0.4, -0.2) is 47.6 Å². The summed E-state index contributed by atoms with van der Waals surface area (Å²) in [4.78, 5) is 23.8. The molecule has 2 aromatic rings. The second-order valence-electron chi connectivity index (χ2n) is 6.64. The van der Waals surface area contributed by atoms with E-state index in [0.29, 0.717) is 10.7 Å². The van der Waals surface area contributed by atoms with Crippen LogP contribution in [0, 0.1) is 5.92 Å². The van der Waals surface area contributed by atoms with Crippen molar-refractivity contribution < 1.29 is 36.3 Å². The number of hydrogen-bond acceptors (Lipinski definition) is 6. The highest BCUT2D eigenvalue weighted by molar-refractivity contribution is 7.92. The van der Waals surface area contributed by atoms with Crippen molar-refractivity contribution in [2.45, 2.75) is 28.9 Å². The number of carboxylic acids is 1. The highest BCUT2D eigenvalue weighted by Crippen LogP contribution is 2.35. The molecular formula is C17H15ClF3N3O5S. The van der Waals surface area contributed by atoms with E-state index in [1.165, 1.54) is 18.2 Å². The maximum Gasteiger partial charge on any atom is 0.435 e. The van der Waals surface area contributed by atoms with Gasteiger partial charge in [0.25, 0.3) is 0 Å². The fourth-order valence-electron chi connectivity index (χ4n) is 3.18. The van der Waals surface area contributed by atoms with Gasteiger partial charge in [0.2, 0.25) is 15.2 Å². The van der Waals surface area contributed by atoms with Gasteiger partial charge in [0.15, 0.2) is 11.5 Å². The van der Waals surface area contributed by atoms with Gasteiger partial charge in [-0.1, -0.05) is 23.7 Å². The Morgan fingerprint density at radius 2 is 1.93 bits per heavy atom. The summed E-state index contributed by atoms with van der Waals surface area (Å²) in [5.41, 5.74) is -1.37. The number of nitrogens with one attached hydrogen (secondary N) is 1. The summed E-state index contributed by atoms with van der Waals surface area (Å²) < 4.78 is 65.9. The highest BCUT2D eigenvalue weighted by Gasteiger charge is 2.45. The molecule has 0 bridgehead atoms. The van der Waals surface area contributed by atoms with Crippen molar-refractivity contribution in [3.8, 4) is 0 Å². The van der Waals surface area contributed by atoms with E-state index in [1.54, 1.807) is 0 Å². The third-order valence-electron chi connectivity index (χ3n) is 4.65. The number of carboxylic acid groups (broad SMARTS) is 1. The third kappa shape index (κ3) is 4.20. The van der Waals surface area contributed by atoms with Crippen LogP contribution in [0.5, 0.6) is 0 Å². The molecule has 1 aromatic heterocycles. The summed E-state index contributed by atoms with van der Waals surface area (Å²) >= 11 is 5.96. The van der Waals surface area contributed by atoms with E-state index >= 15 is 0 Å². The number of Topliss-reactive ketones (excluding diaryl/α,β-unsaturated/α-hetero) is 1. The van der Waals surface area contributed by atoms with Crippen LogP contribution in [0.4, 0.5) is 13.2 Å². The molecule has 0 radical (unpaired) electrons. The van der Waals surface area contributed by atoms with Crippen LogP contribution in [0.25, 0.3) is 0 Å². The van der Waals surface area contributed by atoms with Gasteiger partial charge in [0.1, 0.15) is 6.04 Å². The molecular weight excluding hydrogens is 451 g/mol.